The Hall–Kier alpha value is -3.95. The number of carbonyl (C=O) groups excluding carboxylic acids is 3. The van der Waals surface area contributed by atoms with Crippen LogP contribution in [0.1, 0.15) is 22.8 Å². The molecule has 0 spiro atoms. The SMILES string of the molecule is CCOc1cc(/C=N/NC(=O)C(=O)Nc2ccc(F)cc2)ccc1OC(=O)c1ccc(Cl)cc1Cl. The van der Waals surface area contributed by atoms with Crippen LogP contribution in [0.3, 0.4) is 0 Å². The first-order valence-corrected chi connectivity index (χ1v) is 10.9. The molecule has 0 aliphatic heterocycles. The van der Waals surface area contributed by atoms with Crippen LogP contribution >= 0.6 is 23.2 Å². The molecular weight excluding hydrogens is 500 g/mol. The molecule has 0 radical (unpaired) electrons. The van der Waals surface area contributed by atoms with Crippen LogP contribution in [0.5, 0.6) is 11.5 Å². The normalized spacial score (nSPS) is 10.6. The van der Waals surface area contributed by atoms with Gasteiger partial charge in [0.1, 0.15) is 5.82 Å². The molecule has 0 unspecified atom stereocenters. The highest BCUT2D eigenvalue weighted by Gasteiger charge is 2.17. The fraction of sp³-hybridized carbons (Fsp3) is 0.0833. The first kappa shape index (κ1) is 25.7. The second-order valence-corrected chi connectivity index (χ2v) is 7.66. The molecule has 0 bridgehead atoms. The van der Waals surface area contributed by atoms with E-state index in [1.165, 1.54) is 48.7 Å². The van der Waals surface area contributed by atoms with Gasteiger partial charge in [-0.3, -0.25) is 9.59 Å². The van der Waals surface area contributed by atoms with Crippen molar-refractivity contribution >= 4 is 52.9 Å². The molecule has 8 nitrogen and oxygen atoms in total. The fourth-order valence-electron chi connectivity index (χ4n) is 2.70. The second-order valence-electron chi connectivity index (χ2n) is 6.81. The molecule has 35 heavy (non-hydrogen) atoms. The molecule has 2 amide bonds. The van der Waals surface area contributed by atoms with Crippen molar-refractivity contribution in [1.29, 1.82) is 0 Å². The van der Waals surface area contributed by atoms with Crippen molar-refractivity contribution in [1.82, 2.24) is 5.43 Å². The molecule has 0 atom stereocenters. The second kappa shape index (κ2) is 12.0. The van der Waals surface area contributed by atoms with Crippen LogP contribution in [-0.4, -0.2) is 30.6 Å². The predicted molar refractivity (Wildman–Crippen MR) is 130 cm³/mol. The third-order valence-electron chi connectivity index (χ3n) is 4.31. The zero-order chi connectivity index (χ0) is 25.4. The van der Waals surface area contributed by atoms with Gasteiger partial charge in [0.15, 0.2) is 11.5 Å². The molecule has 0 aliphatic carbocycles. The van der Waals surface area contributed by atoms with Crippen molar-refractivity contribution in [2.75, 3.05) is 11.9 Å². The Morgan fingerprint density at radius 3 is 2.40 bits per heavy atom. The molecule has 2 N–H and O–H groups in total. The van der Waals surface area contributed by atoms with Gasteiger partial charge in [-0.2, -0.15) is 5.10 Å². The number of nitrogens with one attached hydrogen (secondary N) is 2. The number of rotatable bonds is 7. The summed E-state index contributed by atoms with van der Waals surface area (Å²) >= 11 is 11.9. The third-order valence-corrected chi connectivity index (χ3v) is 4.86. The monoisotopic (exact) mass is 517 g/mol. The number of carbonyl (C=O) groups is 3. The largest absolute Gasteiger partial charge is 0.490 e. The quantitative estimate of drug-likeness (QED) is 0.153. The summed E-state index contributed by atoms with van der Waals surface area (Å²) in [7, 11) is 0. The fourth-order valence-corrected chi connectivity index (χ4v) is 3.19. The third kappa shape index (κ3) is 7.26. The summed E-state index contributed by atoms with van der Waals surface area (Å²) in [6.07, 6.45) is 1.27. The lowest BCUT2D eigenvalue weighted by Gasteiger charge is -2.12. The van der Waals surface area contributed by atoms with Gasteiger partial charge in [0.05, 0.1) is 23.4 Å². The van der Waals surface area contributed by atoms with Crippen molar-refractivity contribution in [3.63, 3.8) is 0 Å². The molecule has 3 aromatic carbocycles. The van der Waals surface area contributed by atoms with Gasteiger partial charge in [-0.15, -0.1) is 0 Å². The number of hydrogen-bond acceptors (Lipinski definition) is 6. The van der Waals surface area contributed by atoms with E-state index in [-0.39, 0.29) is 34.4 Å². The number of ether oxygens (including phenoxy) is 2. The molecule has 3 rings (SSSR count). The Balaban J connectivity index is 1.65. The molecule has 0 heterocycles. The van der Waals surface area contributed by atoms with Gasteiger partial charge >= 0.3 is 17.8 Å². The van der Waals surface area contributed by atoms with Gasteiger partial charge in [-0.05, 0) is 73.2 Å². The molecule has 0 fully saturated rings. The van der Waals surface area contributed by atoms with E-state index in [2.05, 4.69) is 15.8 Å². The van der Waals surface area contributed by atoms with Gasteiger partial charge in [-0.25, -0.2) is 14.6 Å². The van der Waals surface area contributed by atoms with E-state index < -0.39 is 23.6 Å². The number of amides is 2. The van der Waals surface area contributed by atoms with Crippen LogP contribution in [0.2, 0.25) is 10.0 Å². The van der Waals surface area contributed by atoms with Gasteiger partial charge < -0.3 is 14.8 Å². The average molecular weight is 518 g/mol. The van der Waals surface area contributed by atoms with Crippen molar-refractivity contribution in [2.45, 2.75) is 6.92 Å². The predicted octanol–water partition coefficient (Wildman–Crippen LogP) is 4.84. The Morgan fingerprint density at radius 1 is 0.971 bits per heavy atom. The molecule has 11 heteroatoms. The van der Waals surface area contributed by atoms with Crippen molar-refractivity contribution in [2.24, 2.45) is 5.10 Å². The number of esters is 1. The molecule has 180 valence electrons. The lowest BCUT2D eigenvalue weighted by molar-refractivity contribution is -0.136. The van der Waals surface area contributed by atoms with E-state index in [1.54, 1.807) is 13.0 Å². The summed E-state index contributed by atoms with van der Waals surface area (Å²) in [4.78, 5) is 36.3. The maximum absolute atomic E-state index is 12.9. The van der Waals surface area contributed by atoms with E-state index in [4.69, 9.17) is 32.7 Å². The summed E-state index contributed by atoms with van der Waals surface area (Å²) in [5.74, 6) is -2.79. The molecule has 0 saturated heterocycles. The lowest BCUT2D eigenvalue weighted by Crippen LogP contribution is -2.32. The summed E-state index contributed by atoms with van der Waals surface area (Å²) in [6, 6.07) is 13.9. The number of anilines is 1. The standard InChI is InChI=1S/C24H18Cl2FN3O5/c1-2-34-21-11-14(3-10-20(21)35-24(33)18-9-4-15(25)12-19(18)26)13-28-30-23(32)22(31)29-17-7-5-16(27)6-8-17/h3-13H,2H2,1H3,(H,29,31)(H,30,32)/b28-13+. The van der Waals surface area contributed by atoms with Gasteiger partial charge in [0, 0.05) is 10.7 Å². The van der Waals surface area contributed by atoms with Crippen LogP contribution in [0.4, 0.5) is 10.1 Å². The van der Waals surface area contributed by atoms with Crippen LogP contribution in [0.25, 0.3) is 0 Å². The first-order valence-electron chi connectivity index (χ1n) is 10.1. The van der Waals surface area contributed by atoms with E-state index in [0.717, 1.165) is 12.1 Å². The van der Waals surface area contributed by atoms with E-state index >= 15 is 0 Å². The smallest absolute Gasteiger partial charge is 0.345 e. The van der Waals surface area contributed by atoms with E-state index in [1.807, 2.05) is 0 Å². The maximum Gasteiger partial charge on any atom is 0.345 e. The number of hydrazone groups is 1. The minimum Gasteiger partial charge on any atom is -0.490 e. The highest BCUT2D eigenvalue weighted by molar-refractivity contribution is 6.39. The Morgan fingerprint density at radius 2 is 1.71 bits per heavy atom. The lowest BCUT2D eigenvalue weighted by atomic mass is 10.2. The van der Waals surface area contributed by atoms with Crippen molar-refractivity contribution in [3.05, 3.63) is 87.7 Å². The zero-order valence-corrected chi connectivity index (χ0v) is 19.7. The Labute approximate surface area is 209 Å². The van der Waals surface area contributed by atoms with Crippen molar-refractivity contribution < 1.29 is 28.2 Å². The van der Waals surface area contributed by atoms with Gasteiger partial charge in [-0.1, -0.05) is 23.2 Å². The maximum atomic E-state index is 12.9. The molecule has 0 saturated carbocycles. The number of halogens is 3. The van der Waals surface area contributed by atoms with Crippen LogP contribution in [-0.2, 0) is 9.59 Å². The Kier molecular flexibility index (Phi) is 8.77. The van der Waals surface area contributed by atoms with E-state index in [0.29, 0.717) is 10.6 Å². The zero-order valence-electron chi connectivity index (χ0n) is 18.2. The van der Waals surface area contributed by atoms with Crippen molar-refractivity contribution in [3.8, 4) is 11.5 Å². The molecule has 0 aromatic heterocycles. The summed E-state index contributed by atoms with van der Waals surface area (Å²) in [5, 5.41) is 6.57. The topological polar surface area (TPSA) is 106 Å². The number of nitrogens with zero attached hydrogens (tertiary/aromatic N) is 1. The van der Waals surface area contributed by atoms with E-state index in [9.17, 15) is 18.8 Å². The first-order chi connectivity index (χ1) is 16.8. The molecular formula is C24H18Cl2FN3O5. The molecule has 3 aromatic rings. The van der Waals surface area contributed by atoms with Gasteiger partial charge in [0.25, 0.3) is 0 Å². The van der Waals surface area contributed by atoms with Crippen LogP contribution in [0.15, 0.2) is 65.8 Å². The average Bonchev–Trinajstić information content (AvgIpc) is 2.82. The summed E-state index contributed by atoms with van der Waals surface area (Å²) < 4.78 is 23.9. The highest BCUT2D eigenvalue weighted by atomic mass is 35.5. The molecule has 0 aliphatic rings. The highest BCUT2D eigenvalue weighted by Crippen LogP contribution is 2.30. The minimum atomic E-state index is -1.03. The van der Waals surface area contributed by atoms with Crippen LogP contribution < -0.4 is 20.2 Å². The van der Waals surface area contributed by atoms with Gasteiger partial charge in [0.2, 0.25) is 0 Å². The number of hydrogen-bond donors (Lipinski definition) is 2. The summed E-state index contributed by atoms with van der Waals surface area (Å²) in [6.45, 7) is 2.04. The Bertz CT molecular complexity index is 1280. The van der Waals surface area contributed by atoms with Crippen LogP contribution in [0, 0.1) is 5.82 Å². The minimum absolute atomic E-state index is 0.130. The summed E-state index contributed by atoms with van der Waals surface area (Å²) in [5.41, 5.74) is 2.95. The number of benzene rings is 3.